The van der Waals surface area contributed by atoms with Gasteiger partial charge in [-0.25, -0.2) is 4.98 Å². The first-order chi connectivity index (χ1) is 10.4. The molecule has 1 N–H and O–H groups in total. The van der Waals surface area contributed by atoms with Crippen molar-refractivity contribution in [3.8, 4) is 10.4 Å². The lowest BCUT2D eigenvalue weighted by molar-refractivity contribution is -0.128. The molecule has 0 bridgehead atoms. The fourth-order valence-corrected chi connectivity index (χ4v) is 3.88. The Hall–Kier alpha value is -1.72. The number of nitrogens with one attached hydrogen (secondary N) is 1. The van der Waals surface area contributed by atoms with Crippen LogP contribution in [-0.2, 0) is 10.2 Å². The van der Waals surface area contributed by atoms with Crippen LogP contribution in [0.4, 0.5) is 0 Å². The van der Waals surface area contributed by atoms with Crippen molar-refractivity contribution in [3.05, 3.63) is 40.5 Å². The van der Waals surface area contributed by atoms with E-state index in [1.165, 1.54) is 4.90 Å². The smallest absolute Gasteiger partial charge is 0.228 e. The van der Waals surface area contributed by atoms with Crippen LogP contribution in [-0.4, -0.2) is 28.7 Å². The van der Waals surface area contributed by atoms with Gasteiger partial charge in [-0.1, -0.05) is 30.7 Å². The van der Waals surface area contributed by atoms with Crippen LogP contribution in [0.3, 0.4) is 0 Å². The number of benzene rings is 1. The van der Waals surface area contributed by atoms with E-state index in [1.807, 2.05) is 37.4 Å². The van der Waals surface area contributed by atoms with Crippen molar-refractivity contribution in [2.45, 2.75) is 25.2 Å². The monoisotopic (exact) mass is 333 g/mol. The molecule has 0 radical (unpaired) electrons. The van der Waals surface area contributed by atoms with E-state index in [2.05, 4.69) is 4.98 Å². The van der Waals surface area contributed by atoms with Crippen molar-refractivity contribution in [1.29, 1.82) is 5.41 Å². The molecule has 114 valence electrons. The molecule has 2 heterocycles. The number of halogens is 1. The van der Waals surface area contributed by atoms with Gasteiger partial charge in [0.05, 0.1) is 9.88 Å². The fraction of sp³-hybridized carbons (Fsp3) is 0.312. The van der Waals surface area contributed by atoms with Gasteiger partial charge in [0, 0.05) is 36.5 Å². The molecule has 0 aliphatic carbocycles. The number of nitrogens with zero attached hydrogens (tertiary/aromatic N) is 2. The van der Waals surface area contributed by atoms with Gasteiger partial charge in [0.15, 0.2) is 0 Å². The molecule has 6 heteroatoms. The highest BCUT2D eigenvalue weighted by molar-refractivity contribution is 7.15. The number of hydrogen-bond acceptors (Lipinski definition) is 4. The van der Waals surface area contributed by atoms with Crippen LogP contribution in [0.25, 0.3) is 10.4 Å². The Balaban J connectivity index is 1.93. The second-order valence-corrected chi connectivity index (χ2v) is 7.32. The summed E-state index contributed by atoms with van der Waals surface area (Å²) in [6.07, 6.45) is 2.73. The number of aromatic nitrogens is 1. The fourth-order valence-electron chi connectivity index (χ4n) is 2.63. The summed E-state index contributed by atoms with van der Waals surface area (Å²) < 4.78 is 0. The van der Waals surface area contributed by atoms with E-state index in [9.17, 15) is 4.79 Å². The zero-order chi connectivity index (χ0) is 15.9. The Morgan fingerprint density at radius 1 is 1.41 bits per heavy atom. The zero-order valence-corrected chi connectivity index (χ0v) is 14.0. The molecule has 0 saturated carbocycles. The molecule has 1 aromatic carbocycles. The van der Waals surface area contributed by atoms with Crippen molar-refractivity contribution < 1.29 is 4.79 Å². The highest BCUT2D eigenvalue weighted by Crippen LogP contribution is 2.40. The number of rotatable bonds is 2. The summed E-state index contributed by atoms with van der Waals surface area (Å²) in [4.78, 5) is 19.0. The number of thiazole rings is 1. The van der Waals surface area contributed by atoms with Crippen LogP contribution < -0.4 is 0 Å². The summed E-state index contributed by atoms with van der Waals surface area (Å²) in [5, 5.41) is 9.58. The molecular weight excluding hydrogens is 318 g/mol. The van der Waals surface area contributed by atoms with E-state index in [1.54, 1.807) is 18.4 Å². The first-order valence-electron chi connectivity index (χ1n) is 6.95. The maximum absolute atomic E-state index is 12.1. The summed E-state index contributed by atoms with van der Waals surface area (Å²) >= 11 is 7.61. The Kier molecular flexibility index (Phi) is 3.78. The molecule has 1 saturated heterocycles. The SMILES string of the molecule is CN1C(=N)C[C@](C)(c2ncc(-c3cccc(Cl)c3)s2)CC1=O. The summed E-state index contributed by atoms with van der Waals surface area (Å²) in [6.45, 7) is 2.01. The third kappa shape index (κ3) is 2.66. The zero-order valence-electron chi connectivity index (χ0n) is 12.4. The Morgan fingerprint density at radius 2 is 2.18 bits per heavy atom. The standard InChI is InChI=1S/C16H16ClN3OS/c1-16(7-13(18)20(2)14(21)8-16)15-19-9-12(22-15)10-4-3-5-11(17)6-10/h3-6,9,18H,7-8H2,1-2H3/t16-/m0/s1. The molecule has 2 aromatic rings. The Morgan fingerprint density at radius 3 is 2.86 bits per heavy atom. The topological polar surface area (TPSA) is 57.1 Å². The maximum atomic E-state index is 12.1. The van der Waals surface area contributed by atoms with Crippen molar-refractivity contribution in [3.63, 3.8) is 0 Å². The van der Waals surface area contributed by atoms with Gasteiger partial charge in [-0.3, -0.25) is 10.2 Å². The molecule has 3 rings (SSSR count). The molecule has 4 nitrogen and oxygen atoms in total. The molecule has 1 aliphatic heterocycles. The van der Waals surface area contributed by atoms with Gasteiger partial charge < -0.3 is 4.90 Å². The average molecular weight is 334 g/mol. The van der Waals surface area contributed by atoms with Crippen LogP contribution in [0.1, 0.15) is 24.8 Å². The first-order valence-corrected chi connectivity index (χ1v) is 8.15. The Bertz CT molecular complexity index is 737. The second-order valence-electron chi connectivity index (χ2n) is 5.85. The van der Waals surface area contributed by atoms with E-state index in [0.29, 0.717) is 23.7 Å². The number of carbonyl (C=O) groups excluding carboxylic acids is 1. The molecule has 1 atom stereocenters. The van der Waals surface area contributed by atoms with E-state index < -0.39 is 5.41 Å². The molecular formula is C16H16ClN3OS. The third-order valence-electron chi connectivity index (χ3n) is 4.01. The van der Waals surface area contributed by atoms with Gasteiger partial charge in [0.1, 0.15) is 5.84 Å². The van der Waals surface area contributed by atoms with Gasteiger partial charge >= 0.3 is 0 Å². The number of amides is 1. The van der Waals surface area contributed by atoms with Crippen LogP contribution in [0.15, 0.2) is 30.5 Å². The van der Waals surface area contributed by atoms with E-state index >= 15 is 0 Å². The van der Waals surface area contributed by atoms with Gasteiger partial charge in [-0.15, -0.1) is 11.3 Å². The van der Waals surface area contributed by atoms with Crippen LogP contribution >= 0.6 is 22.9 Å². The predicted octanol–water partition coefficient (Wildman–Crippen LogP) is 3.95. The lowest BCUT2D eigenvalue weighted by Crippen LogP contribution is -2.46. The lowest BCUT2D eigenvalue weighted by atomic mass is 9.80. The second kappa shape index (κ2) is 5.48. The summed E-state index contributed by atoms with van der Waals surface area (Å²) in [6, 6.07) is 7.65. The minimum Gasteiger partial charge on any atom is -0.304 e. The molecule has 0 spiro atoms. The largest absolute Gasteiger partial charge is 0.304 e. The number of hydrogen-bond donors (Lipinski definition) is 1. The van der Waals surface area contributed by atoms with Crippen LogP contribution in [0, 0.1) is 5.41 Å². The lowest BCUT2D eigenvalue weighted by Gasteiger charge is -2.36. The minimum absolute atomic E-state index is 0.0294. The number of carbonyl (C=O) groups is 1. The van der Waals surface area contributed by atoms with E-state index in [0.717, 1.165) is 15.4 Å². The number of likely N-dealkylation sites (tertiary alicyclic amines) is 1. The van der Waals surface area contributed by atoms with Crippen molar-refractivity contribution in [1.82, 2.24) is 9.88 Å². The minimum atomic E-state index is -0.401. The van der Waals surface area contributed by atoms with Crippen molar-refractivity contribution >= 4 is 34.7 Å². The summed E-state index contributed by atoms with van der Waals surface area (Å²) in [5.41, 5.74) is 0.622. The first kappa shape index (κ1) is 15.2. The van der Waals surface area contributed by atoms with Crippen molar-refractivity contribution in [2.24, 2.45) is 0 Å². The van der Waals surface area contributed by atoms with Crippen LogP contribution in [0.5, 0.6) is 0 Å². The van der Waals surface area contributed by atoms with E-state index in [-0.39, 0.29) is 5.91 Å². The molecule has 1 aliphatic rings. The quantitative estimate of drug-likeness (QED) is 0.904. The molecule has 22 heavy (non-hydrogen) atoms. The Labute approximate surface area is 138 Å². The number of piperidine rings is 1. The predicted molar refractivity (Wildman–Crippen MR) is 89.6 cm³/mol. The third-order valence-corrected chi connectivity index (χ3v) is 5.60. The number of amidine groups is 1. The summed E-state index contributed by atoms with van der Waals surface area (Å²) in [5.74, 6) is 0.316. The average Bonchev–Trinajstić information content (AvgIpc) is 2.95. The van der Waals surface area contributed by atoms with E-state index in [4.69, 9.17) is 17.0 Å². The van der Waals surface area contributed by atoms with Gasteiger partial charge in [0.2, 0.25) is 5.91 Å². The van der Waals surface area contributed by atoms with Gasteiger partial charge in [0.25, 0.3) is 0 Å². The van der Waals surface area contributed by atoms with Crippen LogP contribution in [0.2, 0.25) is 5.02 Å². The summed E-state index contributed by atoms with van der Waals surface area (Å²) in [7, 11) is 1.66. The normalized spacial score (nSPS) is 22.2. The van der Waals surface area contributed by atoms with Gasteiger partial charge in [-0.05, 0) is 17.7 Å². The highest BCUT2D eigenvalue weighted by atomic mass is 35.5. The maximum Gasteiger partial charge on any atom is 0.228 e. The molecule has 0 unspecified atom stereocenters. The molecule has 1 amide bonds. The highest BCUT2D eigenvalue weighted by Gasteiger charge is 2.40. The molecule has 1 aromatic heterocycles. The van der Waals surface area contributed by atoms with Gasteiger partial charge in [-0.2, -0.15) is 0 Å². The van der Waals surface area contributed by atoms with Crippen molar-refractivity contribution in [2.75, 3.05) is 7.05 Å². The molecule has 1 fully saturated rings.